The van der Waals surface area contributed by atoms with Crippen LogP contribution in [0.15, 0.2) is 72.8 Å². The van der Waals surface area contributed by atoms with Crippen molar-refractivity contribution in [1.29, 1.82) is 0 Å². The summed E-state index contributed by atoms with van der Waals surface area (Å²) in [5.41, 5.74) is 2.51. The van der Waals surface area contributed by atoms with Crippen molar-refractivity contribution in [3.63, 3.8) is 0 Å². The number of hydrogen-bond acceptors (Lipinski definition) is 5. The molecule has 0 bridgehead atoms. The van der Waals surface area contributed by atoms with E-state index >= 15 is 0 Å². The Morgan fingerprint density at radius 2 is 1.89 bits per heavy atom. The average Bonchev–Trinajstić information content (AvgIpc) is 3.49. The Morgan fingerprint density at radius 1 is 1.09 bits per heavy atom. The molecule has 182 valence electrons. The predicted octanol–water partition coefficient (Wildman–Crippen LogP) is 4.75. The van der Waals surface area contributed by atoms with Gasteiger partial charge in [-0.15, -0.1) is 0 Å². The van der Waals surface area contributed by atoms with E-state index in [0.717, 1.165) is 24.0 Å². The summed E-state index contributed by atoms with van der Waals surface area (Å²) in [7, 11) is 0. The van der Waals surface area contributed by atoms with Crippen molar-refractivity contribution in [3.8, 4) is 5.75 Å². The first-order valence-electron chi connectivity index (χ1n) is 12.1. The first-order valence-corrected chi connectivity index (χ1v) is 12.1. The van der Waals surface area contributed by atoms with Crippen molar-refractivity contribution < 1.29 is 19.4 Å². The normalized spacial score (nSPS) is 17.2. The molecule has 1 aliphatic heterocycles. The zero-order chi connectivity index (χ0) is 24.8. The van der Waals surface area contributed by atoms with Crippen LogP contribution in [-0.4, -0.2) is 44.4 Å². The first-order chi connectivity index (χ1) is 17.0. The number of rotatable bonds is 10. The highest BCUT2D eigenvalue weighted by atomic mass is 16.5. The van der Waals surface area contributed by atoms with Crippen molar-refractivity contribution in [1.82, 2.24) is 14.5 Å². The van der Waals surface area contributed by atoms with E-state index in [1.54, 1.807) is 35.6 Å². The van der Waals surface area contributed by atoms with Gasteiger partial charge in [0.05, 0.1) is 24.5 Å². The fraction of sp³-hybridized carbons (Fsp3) is 0.321. The molecule has 3 aromatic rings. The standard InChI is InChI=1S/C28H31N3O4/c1-3-17-35-23-8-5-7-22(18-23)26(32)24-25(21-11-9-20(4-2)10-12-21)31(28(34)27(24)33)15-6-14-30-16-13-29-19-30/h5,7-13,16,18-19,25,32H,3-4,6,14-15,17H2,1-2H3/b26-24+. The number of aliphatic hydroxyl groups is 1. The van der Waals surface area contributed by atoms with Gasteiger partial charge in [0.15, 0.2) is 0 Å². The number of aliphatic hydroxyl groups excluding tert-OH is 1. The lowest BCUT2D eigenvalue weighted by molar-refractivity contribution is -0.139. The van der Waals surface area contributed by atoms with E-state index in [-0.39, 0.29) is 11.3 Å². The van der Waals surface area contributed by atoms with Gasteiger partial charge >= 0.3 is 0 Å². The zero-order valence-corrected chi connectivity index (χ0v) is 20.2. The van der Waals surface area contributed by atoms with E-state index in [1.165, 1.54) is 0 Å². The quantitative estimate of drug-likeness (QED) is 0.261. The van der Waals surface area contributed by atoms with Crippen LogP contribution in [0.5, 0.6) is 5.75 Å². The number of aryl methyl sites for hydroxylation is 2. The van der Waals surface area contributed by atoms with Gasteiger partial charge in [0.2, 0.25) is 0 Å². The molecule has 35 heavy (non-hydrogen) atoms. The van der Waals surface area contributed by atoms with Crippen molar-refractivity contribution in [2.45, 2.75) is 45.7 Å². The lowest BCUT2D eigenvalue weighted by Gasteiger charge is -2.25. The number of imidazole rings is 1. The summed E-state index contributed by atoms with van der Waals surface area (Å²) in [6.07, 6.45) is 7.68. The van der Waals surface area contributed by atoms with E-state index in [2.05, 4.69) is 11.9 Å². The highest BCUT2D eigenvalue weighted by molar-refractivity contribution is 6.46. The van der Waals surface area contributed by atoms with Crippen LogP contribution in [0, 0.1) is 0 Å². The van der Waals surface area contributed by atoms with Gasteiger partial charge in [0.1, 0.15) is 11.5 Å². The molecule has 0 saturated carbocycles. The molecule has 1 saturated heterocycles. The van der Waals surface area contributed by atoms with Gasteiger partial charge < -0.3 is 19.3 Å². The lowest BCUT2D eigenvalue weighted by Crippen LogP contribution is -2.31. The molecule has 0 radical (unpaired) electrons. The molecule has 1 unspecified atom stereocenters. The molecular weight excluding hydrogens is 442 g/mol. The van der Waals surface area contributed by atoms with Crippen LogP contribution in [0.1, 0.15) is 49.4 Å². The molecular formula is C28H31N3O4. The third-order valence-electron chi connectivity index (χ3n) is 6.20. The summed E-state index contributed by atoms with van der Waals surface area (Å²) >= 11 is 0. The number of aromatic nitrogens is 2. The largest absolute Gasteiger partial charge is 0.507 e. The van der Waals surface area contributed by atoms with Gasteiger partial charge in [-0.2, -0.15) is 0 Å². The number of likely N-dealkylation sites (tertiary alicyclic amines) is 1. The minimum Gasteiger partial charge on any atom is -0.507 e. The molecule has 0 spiro atoms. The van der Waals surface area contributed by atoms with Gasteiger partial charge in [-0.3, -0.25) is 9.59 Å². The van der Waals surface area contributed by atoms with Crippen LogP contribution >= 0.6 is 0 Å². The van der Waals surface area contributed by atoms with Gasteiger partial charge in [-0.05, 0) is 42.5 Å². The Balaban J connectivity index is 1.71. The molecule has 2 heterocycles. The van der Waals surface area contributed by atoms with E-state index < -0.39 is 17.7 Å². The summed E-state index contributed by atoms with van der Waals surface area (Å²) in [4.78, 5) is 32.0. The third-order valence-corrected chi connectivity index (χ3v) is 6.20. The van der Waals surface area contributed by atoms with Crippen LogP contribution in [0.4, 0.5) is 0 Å². The summed E-state index contributed by atoms with van der Waals surface area (Å²) in [6, 6.07) is 14.2. The van der Waals surface area contributed by atoms with Crippen LogP contribution in [0.3, 0.4) is 0 Å². The van der Waals surface area contributed by atoms with Crippen LogP contribution < -0.4 is 4.74 Å². The second-order valence-corrected chi connectivity index (χ2v) is 8.62. The average molecular weight is 474 g/mol. The molecule has 1 aliphatic rings. The Kier molecular flexibility index (Phi) is 7.65. The number of Topliss-reactive ketones (excluding diaryl/α,β-unsaturated/α-hetero) is 1. The number of ether oxygens (including phenoxy) is 1. The Morgan fingerprint density at radius 3 is 2.57 bits per heavy atom. The number of ketones is 1. The first kappa shape index (κ1) is 24.3. The monoisotopic (exact) mass is 473 g/mol. The summed E-state index contributed by atoms with van der Waals surface area (Å²) in [5.74, 6) is -0.851. The summed E-state index contributed by atoms with van der Waals surface area (Å²) in [6.45, 7) is 5.68. The molecule has 1 N–H and O–H groups in total. The number of nitrogens with zero attached hydrogens (tertiary/aromatic N) is 3. The maximum absolute atomic E-state index is 13.2. The van der Waals surface area contributed by atoms with Crippen LogP contribution in [0.2, 0.25) is 0 Å². The number of hydrogen-bond donors (Lipinski definition) is 1. The van der Waals surface area contributed by atoms with Crippen LogP contribution in [-0.2, 0) is 22.6 Å². The van der Waals surface area contributed by atoms with Crippen LogP contribution in [0.25, 0.3) is 5.76 Å². The lowest BCUT2D eigenvalue weighted by atomic mass is 9.94. The van der Waals surface area contributed by atoms with Gasteiger partial charge in [0, 0.05) is 31.0 Å². The zero-order valence-electron chi connectivity index (χ0n) is 20.2. The highest BCUT2D eigenvalue weighted by Crippen LogP contribution is 2.40. The van der Waals surface area contributed by atoms with Crippen molar-refractivity contribution in [2.24, 2.45) is 0 Å². The Bertz CT molecular complexity index is 1200. The molecule has 1 amide bonds. The molecule has 1 aromatic heterocycles. The molecule has 1 fully saturated rings. The Hall–Kier alpha value is -3.87. The van der Waals surface area contributed by atoms with Gasteiger partial charge in [-0.25, -0.2) is 4.98 Å². The fourth-order valence-electron chi connectivity index (χ4n) is 4.34. The predicted molar refractivity (Wildman–Crippen MR) is 134 cm³/mol. The summed E-state index contributed by atoms with van der Waals surface area (Å²) in [5, 5.41) is 11.3. The SMILES string of the molecule is CCCOc1cccc(/C(O)=C2\C(=O)C(=O)N(CCCn3ccnc3)C2c2ccc(CC)cc2)c1. The Labute approximate surface area is 205 Å². The number of carbonyl (C=O) groups is 2. The van der Waals surface area contributed by atoms with E-state index in [1.807, 2.05) is 48.0 Å². The molecule has 4 rings (SSSR count). The number of benzene rings is 2. The summed E-state index contributed by atoms with van der Waals surface area (Å²) < 4.78 is 7.63. The maximum Gasteiger partial charge on any atom is 0.295 e. The highest BCUT2D eigenvalue weighted by Gasteiger charge is 2.45. The third kappa shape index (κ3) is 5.29. The second kappa shape index (κ2) is 11.0. The number of amides is 1. The second-order valence-electron chi connectivity index (χ2n) is 8.62. The molecule has 7 heteroatoms. The van der Waals surface area contributed by atoms with Gasteiger partial charge in [-0.1, -0.05) is 50.2 Å². The van der Waals surface area contributed by atoms with Crippen molar-refractivity contribution >= 4 is 17.4 Å². The van der Waals surface area contributed by atoms with E-state index in [9.17, 15) is 14.7 Å². The molecule has 0 aliphatic carbocycles. The minimum absolute atomic E-state index is 0.106. The van der Waals surface area contributed by atoms with E-state index in [4.69, 9.17) is 4.74 Å². The van der Waals surface area contributed by atoms with Crippen molar-refractivity contribution in [2.75, 3.05) is 13.2 Å². The van der Waals surface area contributed by atoms with Crippen molar-refractivity contribution in [3.05, 3.63) is 89.5 Å². The number of carbonyl (C=O) groups excluding carboxylic acids is 2. The molecule has 2 aromatic carbocycles. The van der Waals surface area contributed by atoms with Gasteiger partial charge in [0.25, 0.3) is 11.7 Å². The topological polar surface area (TPSA) is 84.7 Å². The molecule has 1 atom stereocenters. The minimum atomic E-state index is -0.672. The van der Waals surface area contributed by atoms with E-state index in [0.29, 0.717) is 37.4 Å². The fourth-order valence-corrected chi connectivity index (χ4v) is 4.34. The molecule has 7 nitrogen and oxygen atoms in total. The maximum atomic E-state index is 13.2. The smallest absolute Gasteiger partial charge is 0.295 e.